The summed E-state index contributed by atoms with van der Waals surface area (Å²) >= 11 is 6.18. The summed E-state index contributed by atoms with van der Waals surface area (Å²) < 4.78 is 69.7. The van der Waals surface area contributed by atoms with Gasteiger partial charge in [0, 0.05) is 5.02 Å². The third kappa shape index (κ3) is 16.2. The molecule has 2 saturated heterocycles. The van der Waals surface area contributed by atoms with Crippen LogP contribution in [0.15, 0.2) is 236 Å². The van der Waals surface area contributed by atoms with Crippen LogP contribution in [0.1, 0.15) is 78.1 Å². The highest BCUT2D eigenvalue weighted by atomic mass is 35.5. The maximum absolute atomic E-state index is 14.8. The molecular weight excluding hydrogens is 1180 g/mol. The number of oxime groups is 1. The van der Waals surface area contributed by atoms with Crippen molar-refractivity contribution in [3.05, 3.63) is 280 Å². The summed E-state index contributed by atoms with van der Waals surface area (Å²) in [7, 11) is 1.50. The number of ether oxygens (including phenoxy) is 11. The second-order valence-electron chi connectivity index (χ2n) is 20.0. The van der Waals surface area contributed by atoms with Crippen LogP contribution >= 0.6 is 11.6 Å². The van der Waals surface area contributed by atoms with Crippen LogP contribution in [0, 0.1) is 0 Å². The quantitative estimate of drug-likeness (QED) is 0.0265. The summed E-state index contributed by atoms with van der Waals surface area (Å²) in [6, 6.07) is 59.1. The molecule has 0 amide bonds. The van der Waals surface area contributed by atoms with Gasteiger partial charge in [0.1, 0.15) is 37.3 Å². The summed E-state index contributed by atoms with van der Waals surface area (Å²) in [4.78, 5) is 106. The van der Waals surface area contributed by atoms with E-state index in [1.807, 2.05) is 0 Å². The van der Waals surface area contributed by atoms with Crippen molar-refractivity contribution >= 4 is 59.1 Å². The third-order valence-electron chi connectivity index (χ3n) is 14.0. The van der Waals surface area contributed by atoms with Gasteiger partial charge in [-0.15, -0.1) is 0 Å². The molecule has 2 aliphatic rings. The van der Waals surface area contributed by atoms with E-state index >= 15 is 0 Å². The van der Waals surface area contributed by atoms with Gasteiger partial charge in [0.05, 0.1) is 52.7 Å². The van der Waals surface area contributed by atoms with Gasteiger partial charge in [-0.25, -0.2) is 33.6 Å². The van der Waals surface area contributed by atoms with E-state index in [-0.39, 0.29) is 45.6 Å². The van der Waals surface area contributed by atoms with Crippen molar-refractivity contribution in [2.75, 3.05) is 20.3 Å². The van der Waals surface area contributed by atoms with Gasteiger partial charge in [-0.05, 0) is 115 Å². The highest BCUT2D eigenvalue weighted by molar-refractivity contribution is 6.30. The van der Waals surface area contributed by atoms with Crippen LogP contribution in [-0.2, 0) is 58.8 Å². The summed E-state index contributed by atoms with van der Waals surface area (Å²) in [5, 5.41) is 4.61. The average Bonchev–Trinajstić information content (AvgIpc) is 0.824. The molecular formula is C69H56ClNO19. The molecule has 2 heterocycles. The summed E-state index contributed by atoms with van der Waals surface area (Å²) in [6.07, 6.45) is -16.9. The molecule has 2 aliphatic heterocycles. The van der Waals surface area contributed by atoms with E-state index in [2.05, 4.69) is 5.16 Å². The van der Waals surface area contributed by atoms with Crippen LogP contribution in [0.3, 0.4) is 0 Å². The zero-order chi connectivity index (χ0) is 62.8. The molecule has 10 rings (SSSR count). The summed E-state index contributed by atoms with van der Waals surface area (Å²) in [5.41, 5.74) is 0.345. The maximum Gasteiger partial charge on any atom is 0.365 e. The summed E-state index contributed by atoms with van der Waals surface area (Å²) in [6.45, 7) is -1.75. The molecule has 0 spiro atoms. The van der Waals surface area contributed by atoms with Crippen molar-refractivity contribution in [2.24, 2.45) is 5.16 Å². The van der Waals surface area contributed by atoms with Gasteiger partial charge in [0.2, 0.25) is 6.29 Å². The highest BCUT2D eigenvalue weighted by Gasteiger charge is 2.57. The van der Waals surface area contributed by atoms with Crippen molar-refractivity contribution in [3.8, 4) is 5.75 Å². The standard InChI is InChI=1S/C69H56ClNO19/c1-79-52-38-32-43(33-39-52)40-82-68-55(71-90-67(78)50-34-36-51(70)37-35-50)58(86-64(75)47-26-14-5-15-27-47)56(53(83-68)41-80-61(72)44-20-8-2-9-21-44)89-69-60(88-66(77)49-30-18-7-19-31-49)59(87-65(76)48-28-16-6-17-29-48)57(85-63(74)46-24-12-4-13-25-46)54(84-69)42-81-62(73)45-22-10-3-11-23-45/h2-39,53-54,56-60,68-69H,40-42H2,1H3/b71-55+/t53-,54-,56-,57+,58-,59+,60-,68+,69+/m1/s1. The van der Waals surface area contributed by atoms with Gasteiger partial charge in [-0.2, -0.15) is 0 Å². The first-order chi connectivity index (χ1) is 43.9. The van der Waals surface area contributed by atoms with E-state index in [1.165, 1.54) is 104 Å². The smallest absolute Gasteiger partial charge is 0.365 e. The van der Waals surface area contributed by atoms with Crippen LogP contribution in [0.5, 0.6) is 5.75 Å². The van der Waals surface area contributed by atoms with Crippen LogP contribution < -0.4 is 4.74 Å². The fourth-order valence-electron chi connectivity index (χ4n) is 9.43. The number of carbonyl (C=O) groups excluding carboxylic acids is 7. The van der Waals surface area contributed by atoms with Crippen LogP contribution in [-0.4, -0.2) is 123 Å². The molecule has 0 aromatic heterocycles. The Kier molecular flexibility index (Phi) is 21.3. The van der Waals surface area contributed by atoms with Crippen molar-refractivity contribution < 1.29 is 90.5 Å². The summed E-state index contributed by atoms with van der Waals surface area (Å²) in [5.74, 6) is -6.22. The predicted molar refractivity (Wildman–Crippen MR) is 320 cm³/mol. The van der Waals surface area contributed by atoms with Crippen molar-refractivity contribution in [1.82, 2.24) is 0 Å². The van der Waals surface area contributed by atoms with Gasteiger partial charge in [-0.3, -0.25) is 0 Å². The van der Waals surface area contributed by atoms with Crippen molar-refractivity contribution in [1.29, 1.82) is 0 Å². The molecule has 21 heteroatoms. The van der Waals surface area contributed by atoms with Crippen LogP contribution in [0.4, 0.5) is 0 Å². The first-order valence-electron chi connectivity index (χ1n) is 28.1. The number of methoxy groups -OCH3 is 1. The van der Waals surface area contributed by atoms with Gasteiger partial charge in [0.25, 0.3) is 0 Å². The first kappa shape index (κ1) is 62.7. The molecule has 0 unspecified atom stereocenters. The fraction of sp³-hybridized carbons (Fsp3) is 0.188. The van der Waals surface area contributed by atoms with E-state index in [0.29, 0.717) is 16.3 Å². The minimum atomic E-state index is -2.10. The third-order valence-corrected chi connectivity index (χ3v) is 14.3. The fourth-order valence-corrected chi connectivity index (χ4v) is 9.56. The van der Waals surface area contributed by atoms with Crippen LogP contribution in [0.2, 0.25) is 5.02 Å². The largest absolute Gasteiger partial charge is 0.497 e. The van der Waals surface area contributed by atoms with Crippen molar-refractivity contribution in [2.45, 2.75) is 61.9 Å². The number of nitrogens with zero attached hydrogens (tertiary/aromatic N) is 1. The monoisotopic (exact) mass is 1240 g/mol. The molecule has 458 valence electrons. The van der Waals surface area contributed by atoms with E-state index in [4.69, 9.17) is 68.5 Å². The normalized spacial score (nSPS) is 20.7. The Morgan fingerprint density at radius 2 is 0.800 bits per heavy atom. The molecule has 9 atom stereocenters. The Balaban J connectivity index is 1.14. The predicted octanol–water partition coefficient (Wildman–Crippen LogP) is 10.5. The van der Waals surface area contributed by atoms with Crippen LogP contribution in [0.25, 0.3) is 0 Å². The molecule has 0 radical (unpaired) electrons. The Morgan fingerprint density at radius 1 is 0.411 bits per heavy atom. The molecule has 0 aliphatic carbocycles. The number of carbonyl (C=O) groups is 7. The molecule has 20 nitrogen and oxygen atoms in total. The second-order valence-corrected chi connectivity index (χ2v) is 20.5. The lowest BCUT2D eigenvalue weighted by atomic mass is 9.96. The molecule has 2 fully saturated rings. The Hall–Kier alpha value is -10.4. The number of rotatable bonds is 22. The van der Waals surface area contributed by atoms with E-state index in [0.717, 1.165) is 0 Å². The number of halogens is 1. The number of esters is 6. The van der Waals surface area contributed by atoms with Gasteiger partial charge < -0.3 is 56.9 Å². The molecule has 8 aromatic carbocycles. The van der Waals surface area contributed by atoms with E-state index < -0.39 is 116 Å². The average molecular weight is 1240 g/mol. The number of benzene rings is 8. The number of hydrogen-bond acceptors (Lipinski definition) is 20. The lowest BCUT2D eigenvalue weighted by Gasteiger charge is -2.47. The van der Waals surface area contributed by atoms with E-state index in [1.54, 1.807) is 133 Å². The zero-order valence-corrected chi connectivity index (χ0v) is 48.6. The minimum Gasteiger partial charge on any atom is -0.497 e. The lowest BCUT2D eigenvalue weighted by molar-refractivity contribution is -0.329. The molecule has 0 N–H and O–H groups in total. The molecule has 8 aromatic rings. The first-order valence-corrected chi connectivity index (χ1v) is 28.5. The molecule has 90 heavy (non-hydrogen) atoms. The van der Waals surface area contributed by atoms with Crippen molar-refractivity contribution in [3.63, 3.8) is 0 Å². The van der Waals surface area contributed by atoms with Gasteiger partial charge in [0.15, 0.2) is 36.4 Å². The highest BCUT2D eigenvalue weighted by Crippen LogP contribution is 2.36. The van der Waals surface area contributed by atoms with Gasteiger partial charge >= 0.3 is 41.8 Å². The lowest BCUT2D eigenvalue weighted by Crippen LogP contribution is -2.66. The Bertz CT molecular complexity index is 3750. The topological polar surface area (TPSA) is 243 Å². The minimum absolute atomic E-state index is 0.00154. The molecule has 0 bridgehead atoms. The zero-order valence-electron chi connectivity index (χ0n) is 47.8. The maximum atomic E-state index is 14.8. The second kappa shape index (κ2) is 30.5. The SMILES string of the molecule is COc1ccc(CO[C@H]2O[C@H](COC(=O)c3ccccc3)[C@@H](O[C@@H]3O[C@H](COC(=O)c4ccccc4)[C@H](OC(=O)c4ccccc4)[C@H](OC(=O)c4ccccc4)[C@H]3OC(=O)c3ccccc3)[C@H](OC(=O)c3ccccc3)/C2=N\OC(=O)c2ccc(Cl)cc2)cc1. The Labute approximate surface area is 520 Å². The van der Waals surface area contributed by atoms with Gasteiger partial charge in [-0.1, -0.05) is 138 Å². The Morgan fingerprint density at radius 3 is 1.24 bits per heavy atom. The molecule has 0 saturated carbocycles. The number of hydrogen-bond donors (Lipinski definition) is 0. The van der Waals surface area contributed by atoms with E-state index in [9.17, 15) is 33.6 Å².